The van der Waals surface area contributed by atoms with Gasteiger partial charge in [0, 0.05) is 25.6 Å². The summed E-state index contributed by atoms with van der Waals surface area (Å²) in [4.78, 5) is 41.2. The zero-order valence-electron chi connectivity index (χ0n) is 21.7. The van der Waals surface area contributed by atoms with Gasteiger partial charge in [-0.25, -0.2) is 10.0 Å². The molecule has 3 rings (SSSR count). The second-order valence-electron chi connectivity index (χ2n) is 9.39. The molecule has 0 bridgehead atoms. The van der Waals surface area contributed by atoms with Crippen molar-refractivity contribution in [1.82, 2.24) is 14.9 Å². The van der Waals surface area contributed by atoms with Crippen LogP contribution in [0.4, 0.5) is 13.2 Å². The standard InChI is InChI=1S/C28H32F3N3O4/c1-5-18(2)25-27(38)34(24(17-32(25)19(3)35)22-14-10-7-11-15-22)33(20(4)36)23(26(37)28(29,30)31)16-21-12-8-6-9-13-21/h6-15,17-18,23,25-26,37H,5,16H2,1-4H3. The predicted octanol–water partition coefficient (Wildman–Crippen LogP) is 4.39. The molecule has 0 aromatic heterocycles. The summed E-state index contributed by atoms with van der Waals surface area (Å²) in [6.45, 7) is 5.92. The maximum Gasteiger partial charge on any atom is 0.416 e. The Morgan fingerprint density at radius 3 is 2.05 bits per heavy atom. The first-order chi connectivity index (χ1) is 17.9. The molecule has 1 N–H and O–H groups in total. The molecule has 0 saturated heterocycles. The monoisotopic (exact) mass is 531 g/mol. The summed E-state index contributed by atoms with van der Waals surface area (Å²) in [5.74, 6) is -2.42. The van der Waals surface area contributed by atoms with Gasteiger partial charge in [0.2, 0.25) is 11.8 Å². The Kier molecular flexibility index (Phi) is 8.98. The summed E-state index contributed by atoms with van der Waals surface area (Å²) in [5, 5.41) is 12.1. The molecule has 0 aliphatic carbocycles. The summed E-state index contributed by atoms with van der Waals surface area (Å²) >= 11 is 0. The van der Waals surface area contributed by atoms with Crippen LogP contribution >= 0.6 is 0 Å². The van der Waals surface area contributed by atoms with Gasteiger partial charge in [-0.05, 0) is 17.9 Å². The molecule has 2 aromatic rings. The number of carbonyl (C=O) groups is 3. The minimum Gasteiger partial charge on any atom is -0.382 e. The second-order valence-corrected chi connectivity index (χ2v) is 9.39. The van der Waals surface area contributed by atoms with Crippen molar-refractivity contribution < 1.29 is 32.7 Å². The van der Waals surface area contributed by atoms with Crippen molar-refractivity contribution in [3.05, 3.63) is 78.0 Å². The number of nitrogens with zero attached hydrogens (tertiary/aromatic N) is 3. The number of rotatable bonds is 8. The van der Waals surface area contributed by atoms with E-state index in [4.69, 9.17) is 0 Å². The molecule has 1 aliphatic rings. The average Bonchev–Trinajstić information content (AvgIpc) is 2.88. The molecule has 0 spiro atoms. The quantitative estimate of drug-likeness (QED) is 0.548. The van der Waals surface area contributed by atoms with E-state index in [1.807, 2.05) is 6.92 Å². The molecule has 0 fully saturated rings. The minimum absolute atomic E-state index is 0.0491. The van der Waals surface area contributed by atoms with E-state index in [-0.39, 0.29) is 18.0 Å². The van der Waals surface area contributed by atoms with Gasteiger partial charge in [-0.2, -0.15) is 13.2 Å². The van der Waals surface area contributed by atoms with Gasteiger partial charge >= 0.3 is 6.18 Å². The molecule has 4 atom stereocenters. The van der Waals surface area contributed by atoms with E-state index in [1.54, 1.807) is 67.6 Å². The first-order valence-electron chi connectivity index (χ1n) is 12.4. The van der Waals surface area contributed by atoms with E-state index in [1.165, 1.54) is 18.0 Å². The van der Waals surface area contributed by atoms with Gasteiger partial charge < -0.3 is 10.0 Å². The minimum atomic E-state index is -5.08. The molecule has 204 valence electrons. The lowest BCUT2D eigenvalue weighted by molar-refractivity contribution is -0.232. The van der Waals surface area contributed by atoms with Crippen LogP contribution in [0.1, 0.15) is 45.2 Å². The molecule has 2 aromatic carbocycles. The highest BCUT2D eigenvalue weighted by Gasteiger charge is 2.51. The number of benzene rings is 2. The highest BCUT2D eigenvalue weighted by molar-refractivity contribution is 5.98. The van der Waals surface area contributed by atoms with E-state index < -0.39 is 42.1 Å². The topological polar surface area (TPSA) is 81.2 Å². The van der Waals surface area contributed by atoms with Crippen molar-refractivity contribution in [2.24, 2.45) is 5.92 Å². The zero-order chi connectivity index (χ0) is 28.2. The Labute approximate surface area is 220 Å². The second kappa shape index (κ2) is 11.8. The number of amides is 3. The molecule has 10 heteroatoms. The Bertz CT molecular complexity index is 1170. The first kappa shape index (κ1) is 28.9. The highest BCUT2D eigenvalue weighted by atomic mass is 19.4. The third kappa shape index (κ3) is 6.07. The lowest BCUT2D eigenvalue weighted by atomic mass is 9.93. The van der Waals surface area contributed by atoms with Crippen molar-refractivity contribution in [2.45, 2.75) is 64.9 Å². The number of hydrazine groups is 1. The summed E-state index contributed by atoms with van der Waals surface area (Å²) in [5.41, 5.74) is 0.888. The van der Waals surface area contributed by atoms with Crippen LogP contribution in [0.2, 0.25) is 0 Å². The number of aliphatic hydroxyl groups excluding tert-OH is 1. The van der Waals surface area contributed by atoms with Crippen molar-refractivity contribution in [2.75, 3.05) is 0 Å². The molecular formula is C28H32F3N3O4. The normalized spacial score (nSPS) is 18.5. The molecule has 0 radical (unpaired) electrons. The smallest absolute Gasteiger partial charge is 0.382 e. The van der Waals surface area contributed by atoms with Crippen molar-refractivity contribution in [3.63, 3.8) is 0 Å². The average molecular weight is 532 g/mol. The van der Waals surface area contributed by atoms with E-state index in [9.17, 15) is 32.7 Å². The van der Waals surface area contributed by atoms with Gasteiger partial charge in [-0.1, -0.05) is 80.9 Å². The van der Waals surface area contributed by atoms with E-state index in [2.05, 4.69) is 0 Å². The maximum absolute atomic E-state index is 14.1. The van der Waals surface area contributed by atoms with Gasteiger partial charge in [0.1, 0.15) is 6.04 Å². The SMILES string of the molecule is CCC(C)C1C(=O)N(N(C(C)=O)C(Cc2ccccc2)C(O)C(F)(F)F)C(c2ccccc2)=CN1C(C)=O. The number of halogens is 3. The van der Waals surface area contributed by atoms with Crippen LogP contribution in [-0.2, 0) is 20.8 Å². The van der Waals surface area contributed by atoms with Gasteiger partial charge in [-0.3, -0.25) is 14.4 Å². The van der Waals surface area contributed by atoms with Crippen LogP contribution in [0, 0.1) is 5.92 Å². The van der Waals surface area contributed by atoms with Crippen LogP contribution in [0.25, 0.3) is 5.70 Å². The number of carbonyl (C=O) groups excluding carboxylic acids is 3. The van der Waals surface area contributed by atoms with Gasteiger partial charge in [-0.15, -0.1) is 0 Å². The Morgan fingerprint density at radius 1 is 1.03 bits per heavy atom. The number of hydrogen-bond donors (Lipinski definition) is 1. The van der Waals surface area contributed by atoms with E-state index in [0.29, 0.717) is 22.6 Å². The molecule has 38 heavy (non-hydrogen) atoms. The Hall–Kier alpha value is -3.66. The van der Waals surface area contributed by atoms with Crippen LogP contribution < -0.4 is 0 Å². The largest absolute Gasteiger partial charge is 0.416 e. The lowest BCUT2D eigenvalue weighted by Gasteiger charge is -2.48. The zero-order valence-corrected chi connectivity index (χ0v) is 21.7. The van der Waals surface area contributed by atoms with E-state index in [0.717, 1.165) is 11.9 Å². The lowest BCUT2D eigenvalue weighted by Crippen LogP contribution is -2.65. The fourth-order valence-electron chi connectivity index (χ4n) is 4.61. The predicted molar refractivity (Wildman–Crippen MR) is 136 cm³/mol. The van der Waals surface area contributed by atoms with Gasteiger partial charge in [0.25, 0.3) is 5.91 Å². The first-order valence-corrected chi connectivity index (χ1v) is 12.4. The summed E-state index contributed by atoms with van der Waals surface area (Å²) < 4.78 is 41.9. The Balaban J connectivity index is 2.28. The molecule has 0 saturated carbocycles. The van der Waals surface area contributed by atoms with Crippen molar-refractivity contribution in [1.29, 1.82) is 0 Å². The van der Waals surface area contributed by atoms with E-state index >= 15 is 0 Å². The number of alkyl halides is 3. The number of hydrogen-bond acceptors (Lipinski definition) is 4. The molecule has 1 heterocycles. The fraction of sp³-hybridized carbons (Fsp3) is 0.393. The summed E-state index contributed by atoms with van der Waals surface area (Å²) in [6.07, 6.45) is -6.53. The summed E-state index contributed by atoms with van der Waals surface area (Å²) in [7, 11) is 0. The highest BCUT2D eigenvalue weighted by Crippen LogP contribution is 2.36. The molecule has 3 amide bonds. The van der Waals surface area contributed by atoms with Crippen molar-refractivity contribution >= 4 is 23.4 Å². The van der Waals surface area contributed by atoms with Crippen LogP contribution in [0.5, 0.6) is 0 Å². The van der Waals surface area contributed by atoms with Gasteiger partial charge in [0.15, 0.2) is 6.10 Å². The van der Waals surface area contributed by atoms with Crippen LogP contribution in [0.3, 0.4) is 0 Å². The molecular weight excluding hydrogens is 499 g/mol. The molecule has 1 aliphatic heterocycles. The molecule has 4 unspecified atom stereocenters. The Morgan fingerprint density at radius 2 is 1.58 bits per heavy atom. The third-order valence-electron chi connectivity index (χ3n) is 6.71. The summed E-state index contributed by atoms with van der Waals surface area (Å²) in [6, 6.07) is 13.5. The van der Waals surface area contributed by atoms with Crippen LogP contribution in [0.15, 0.2) is 66.9 Å². The third-order valence-corrected chi connectivity index (χ3v) is 6.71. The van der Waals surface area contributed by atoms with Gasteiger partial charge in [0.05, 0.1) is 11.7 Å². The van der Waals surface area contributed by atoms with Crippen LogP contribution in [-0.4, -0.2) is 62.1 Å². The number of aliphatic hydroxyl groups is 1. The maximum atomic E-state index is 14.1. The van der Waals surface area contributed by atoms with Crippen molar-refractivity contribution in [3.8, 4) is 0 Å². The molecule has 7 nitrogen and oxygen atoms in total. The fourth-order valence-corrected chi connectivity index (χ4v) is 4.61.